The number of hydrogen-bond donors (Lipinski definition) is 4. The maximum atomic E-state index is 12.3. The summed E-state index contributed by atoms with van der Waals surface area (Å²) in [4.78, 5) is 46.4. The van der Waals surface area contributed by atoms with Crippen molar-refractivity contribution in [1.82, 2.24) is 19.5 Å². The van der Waals surface area contributed by atoms with Gasteiger partial charge in [0.2, 0.25) is 5.95 Å². The SMILES string of the molecule is Nc1nc2c(ncn2[C@@H]2C3CCCC3C[C@@]2(CC(=O)O)C(=O)O)c(=O)[nH]1. The number of carbonyl (C=O) groups is 2. The molecule has 2 aliphatic carbocycles. The lowest BCUT2D eigenvalue weighted by atomic mass is 9.76. The van der Waals surface area contributed by atoms with E-state index in [9.17, 15) is 24.6 Å². The Hall–Kier alpha value is -2.91. The molecule has 0 amide bonds. The lowest BCUT2D eigenvalue weighted by Gasteiger charge is -2.33. The Morgan fingerprint density at radius 2 is 2.15 bits per heavy atom. The molecule has 10 nitrogen and oxygen atoms in total. The fourth-order valence-electron chi connectivity index (χ4n) is 5.09. The van der Waals surface area contributed by atoms with Crippen LogP contribution in [-0.4, -0.2) is 41.7 Å². The lowest BCUT2D eigenvalue weighted by Crippen LogP contribution is -2.40. The van der Waals surface area contributed by atoms with Crippen LogP contribution < -0.4 is 11.3 Å². The van der Waals surface area contributed by atoms with E-state index in [-0.39, 0.29) is 28.9 Å². The predicted molar refractivity (Wildman–Crippen MR) is 89.4 cm³/mol. The number of anilines is 1. The molecule has 4 rings (SSSR count). The van der Waals surface area contributed by atoms with Crippen molar-refractivity contribution < 1.29 is 19.8 Å². The van der Waals surface area contributed by atoms with Gasteiger partial charge in [0, 0.05) is 0 Å². The first-order chi connectivity index (χ1) is 12.3. The van der Waals surface area contributed by atoms with Gasteiger partial charge in [-0.1, -0.05) is 12.8 Å². The number of imidazole rings is 1. The molecule has 0 aromatic carbocycles. The zero-order chi connectivity index (χ0) is 18.6. The quantitative estimate of drug-likeness (QED) is 0.615. The van der Waals surface area contributed by atoms with E-state index in [2.05, 4.69) is 15.0 Å². The third-order valence-electron chi connectivity index (χ3n) is 5.96. The zero-order valence-electron chi connectivity index (χ0n) is 13.9. The number of H-pyrrole nitrogens is 1. The third kappa shape index (κ3) is 2.21. The Morgan fingerprint density at radius 1 is 1.38 bits per heavy atom. The molecule has 0 aliphatic heterocycles. The highest BCUT2D eigenvalue weighted by atomic mass is 16.4. The van der Waals surface area contributed by atoms with Gasteiger partial charge in [-0.05, 0) is 24.7 Å². The standard InChI is InChI=1S/C16H19N5O5/c17-15-19-12-10(13(24)20-15)18-6-21(12)11-8-3-1-2-7(8)4-16(11,14(25)26)5-9(22)23/h6-8,11H,1-5H2,(H,22,23)(H,25,26)(H3,17,19,20,24)/t7?,8?,11-,16+/m1/s1. The van der Waals surface area contributed by atoms with E-state index in [0.717, 1.165) is 19.3 Å². The van der Waals surface area contributed by atoms with E-state index in [0.29, 0.717) is 6.42 Å². The molecule has 2 fully saturated rings. The van der Waals surface area contributed by atoms with Crippen LogP contribution in [0.1, 0.15) is 38.1 Å². The normalized spacial score (nSPS) is 30.5. The minimum atomic E-state index is -1.46. The molecule has 2 aromatic rings. The van der Waals surface area contributed by atoms with Crippen molar-refractivity contribution in [3.8, 4) is 0 Å². The summed E-state index contributed by atoms with van der Waals surface area (Å²) < 4.78 is 1.56. The number of aromatic nitrogens is 4. The van der Waals surface area contributed by atoms with Crippen LogP contribution in [0.4, 0.5) is 5.95 Å². The van der Waals surface area contributed by atoms with E-state index in [1.807, 2.05) is 0 Å². The Bertz CT molecular complexity index is 966. The van der Waals surface area contributed by atoms with Crippen LogP contribution in [0.2, 0.25) is 0 Å². The van der Waals surface area contributed by atoms with E-state index >= 15 is 0 Å². The van der Waals surface area contributed by atoms with E-state index in [1.165, 1.54) is 6.33 Å². The summed E-state index contributed by atoms with van der Waals surface area (Å²) in [6.45, 7) is 0. The summed E-state index contributed by atoms with van der Waals surface area (Å²) in [5.41, 5.74) is 3.94. The van der Waals surface area contributed by atoms with Crippen LogP contribution >= 0.6 is 0 Å². The lowest BCUT2D eigenvalue weighted by molar-refractivity contribution is -0.158. The molecular formula is C16H19N5O5. The van der Waals surface area contributed by atoms with Gasteiger partial charge < -0.3 is 20.5 Å². The smallest absolute Gasteiger partial charge is 0.312 e. The van der Waals surface area contributed by atoms with Crippen molar-refractivity contribution in [2.75, 3.05) is 5.73 Å². The molecule has 10 heteroatoms. The van der Waals surface area contributed by atoms with E-state index < -0.39 is 35.4 Å². The molecule has 0 spiro atoms. The number of carboxylic acids is 2. The van der Waals surface area contributed by atoms with Gasteiger partial charge in [-0.15, -0.1) is 0 Å². The molecule has 5 N–H and O–H groups in total. The summed E-state index contributed by atoms with van der Waals surface area (Å²) in [5, 5.41) is 19.4. The average Bonchev–Trinajstić information content (AvgIpc) is 3.20. The Balaban J connectivity index is 1.95. The highest BCUT2D eigenvalue weighted by molar-refractivity contribution is 5.83. The Labute approximate surface area is 147 Å². The first kappa shape index (κ1) is 16.6. The van der Waals surface area contributed by atoms with E-state index in [4.69, 9.17) is 5.73 Å². The maximum Gasteiger partial charge on any atom is 0.312 e. The minimum absolute atomic E-state index is 0.00478. The fraction of sp³-hybridized carbons (Fsp3) is 0.562. The molecular weight excluding hydrogens is 342 g/mol. The first-order valence-corrected chi connectivity index (χ1v) is 8.51. The van der Waals surface area contributed by atoms with Crippen LogP contribution in [0, 0.1) is 17.3 Å². The molecule has 4 atom stereocenters. The van der Waals surface area contributed by atoms with Crippen molar-refractivity contribution >= 4 is 29.1 Å². The second-order valence-corrected chi connectivity index (χ2v) is 7.31. The van der Waals surface area contributed by atoms with Crippen LogP contribution in [-0.2, 0) is 9.59 Å². The summed E-state index contributed by atoms with van der Waals surface area (Å²) in [5.74, 6) is -2.26. The van der Waals surface area contributed by atoms with Gasteiger partial charge in [0.05, 0.1) is 24.2 Å². The number of nitrogens with one attached hydrogen (secondary N) is 1. The molecule has 2 aliphatic rings. The molecule has 2 unspecified atom stereocenters. The largest absolute Gasteiger partial charge is 0.481 e. The molecule has 0 radical (unpaired) electrons. The monoisotopic (exact) mass is 361 g/mol. The van der Waals surface area contributed by atoms with Crippen LogP contribution in [0.25, 0.3) is 11.2 Å². The first-order valence-electron chi connectivity index (χ1n) is 8.51. The van der Waals surface area contributed by atoms with Gasteiger partial charge in [-0.2, -0.15) is 4.98 Å². The second kappa shape index (κ2) is 5.55. The number of aromatic amines is 1. The number of fused-ring (bicyclic) bond motifs is 2. The van der Waals surface area contributed by atoms with Crippen molar-refractivity contribution in [3.05, 3.63) is 16.7 Å². The third-order valence-corrected chi connectivity index (χ3v) is 5.96. The average molecular weight is 361 g/mol. The van der Waals surface area contributed by atoms with Crippen LogP contribution in [0.5, 0.6) is 0 Å². The summed E-state index contributed by atoms with van der Waals surface area (Å²) in [6, 6.07) is -0.637. The number of hydrogen-bond acceptors (Lipinski definition) is 6. The van der Waals surface area contributed by atoms with Crippen LogP contribution in [0.3, 0.4) is 0 Å². The van der Waals surface area contributed by atoms with Crippen molar-refractivity contribution in [1.29, 1.82) is 0 Å². The summed E-state index contributed by atoms with van der Waals surface area (Å²) in [7, 11) is 0. The summed E-state index contributed by atoms with van der Waals surface area (Å²) in [6.07, 6.45) is 3.84. The number of rotatable bonds is 4. The Morgan fingerprint density at radius 3 is 2.85 bits per heavy atom. The number of nitrogens with zero attached hydrogens (tertiary/aromatic N) is 3. The molecule has 2 aromatic heterocycles. The predicted octanol–water partition coefficient (Wildman–Crippen LogP) is 0.609. The minimum Gasteiger partial charge on any atom is -0.481 e. The van der Waals surface area contributed by atoms with Gasteiger partial charge in [-0.25, -0.2) is 4.98 Å². The molecule has 0 bridgehead atoms. The molecule has 26 heavy (non-hydrogen) atoms. The van der Waals surface area contributed by atoms with Gasteiger partial charge >= 0.3 is 11.9 Å². The highest BCUT2D eigenvalue weighted by Crippen LogP contribution is 2.61. The maximum absolute atomic E-state index is 12.3. The van der Waals surface area contributed by atoms with Gasteiger partial charge in [0.1, 0.15) is 0 Å². The van der Waals surface area contributed by atoms with E-state index in [1.54, 1.807) is 4.57 Å². The van der Waals surface area contributed by atoms with Crippen molar-refractivity contribution in [2.24, 2.45) is 17.3 Å². The molecule has 0 saturated heterocycles. The highest BCUT2D eigenvalue weighted by Gasteiger charge is 2.61. The molecule has 2 saturated carbocycles. The number of aliphatic carboxylic acids is 2. The summed E-state index contributed by atoms with van der Waals surface area (Å²) >= 11 is 0. The number of nitrogen functional groups attached to an aromatic ring is 1. The fourth-order valence-corrected chi connectivity index (χ4v) is 5.09. The van der Waals surface area contributed by atoms with Gasteiger partial charge in [0.15, 0.2) is 11.2 Å². The van der Waals surface area contributed by atoms with Gasteiger partial charge in [-0.3, -0.25) is 19.4 Å². The second-order valence-electron chi connectivity index (χ2n) is 7.31. The zero-order valence-corrected chi connectivity index (χ0v) is 13.9. The van der Waals surface area contributed by atoms with Gasteiger partial charge in [0.25, 0.3) is 5.56 Å². The van der Waals surface area contributed by atoms with Crippen LogP contribution in [0.15, 0.2) is 11.1 Å². The Kier molecular flexibility index (Phi) is 3.53. The molecule has 2 heterocycles. The topological polar surface area (TPSA) is 164 Å². The number of nitrogens with two attached hydrogens (primary N) is 1. The molecule has 138 valence electrons. The van der Waals surface area contributed by atoms with Crippen molar-refractivity contribution in [2.45, 2.75) is 38.1 Å². The number of carboxylic acid groups (broad SMARTS) is 2. The van der Waals surface area contributed by atoms with Crippen molar-refractivity contribution in [3.63, 3.8) is 0 Å².